The van der Waals surface area contributed by atoms with Crippen molar-refractivity contribution in [2.75, 3.05) is 26.2 Å². The van der Waals surface area contributed by atoms with Crippen molar-refractivity contribution in [1.82, 2.24) is 10.1 Å². The van der Waals surface area contributed by atoms with Gasteiger partial charge < -0.3 is 10.1 Å². The van der Waals surface area contributed by atoms with E-state index in [4.69, 9.17) is 7.98 Å². The lowest BCUT2D eigenvalue weighted by atomic mass is 9.78. The fourth-order valence-electron chi connectivity index (χ4n) is 1.78. The van der Waals surface area contributed by atoms with Crippen molar-refractivity contribution < 1.29 is 8.78 Å². The van der Waals surface area contributed by atoms with Gasteiger partial charge in [-0.25, -0.2) is 8.78 Å². The predicted octanol–water partition coefficient (Wildman–Crippen LogP) is -0.390. The molecule has 1 N–H and O–H groups in total. The fraction of sp³-hybridized carbons (Fsp3) is 1.00. The molecule has 0 atom stereocenters. The maximum Gasteiger partial charge on any atom is 0.268 e. The third kappa shape index (κ3) is 0.841. The quantitative estimate of drug-likeness (QED) is 0.483. The van der Waals surface area contributed by atoms with Crippen molar-refractivity contribution in [2.45, 2.75) is 5.92 Å². The SMILES string of the molecule is [B]N1CC(F)(F)C2(CNC2)C1. The topological polar surface area (TPSA) is 15.3 Å². The third-order valence-corrected chi connectivity index (χ3v) is 2.61. The van der Waals surface area contributed by atoms with E-state index in [0.29, 0.717) is 19.6 Å². The van der Waals surface area contributed by atoms with Crippen LogP contribution in [0.15, 0.2) is 0 Å². The van der Waals surface area contributed by atoms with Crippen LogP contribution in [0.2, 0.25) is 0 Å². The summed E-state index contributed by atoms with van der Waals surface area (Å²) in [5.41, 5.74) is -0.859. The van der Waals surface area contributed by atoms with Crippen LogP contribution in [0.5, 0.6) is 0 Å². The van der Waals surface area contributed by atoms with Gasteiger partial charge in [-0.1, -0.05) is 0 Å². The summed E-state index contributed by atoms with van der Waals surface area (Å²) in [5.74, 6) is -2.60. The van der Waals surface area contributed by atoms with Crippen LogP contribution < -0.4 is 5.32 Å². The van der Waals surface area contributed by atoms with Crippen LogP contribution in [0.1, 0.15) is 0 Å². The minimum Gasteiger partial charge on any atom is -0.348 e. The molecule has 2 heterocycles. The van der Waals surface area contributed by atoms with E-state index in [1.54, 1.807) is 0 Å². The zero-order valence-corrected chi connectivity index (χ0v) is 6.11. The second kappa shape index (κ2) is 1.96. The molecule has 2 rings (SSSR count). The Morgan fingerprint density at radius 3 is 2.09 bits per heavy atom. The summed E-state index contributed by atoms with van der Waals surface area (Å²) in [6.45, 7) is 0.809. The van der Waals surface area contributed by atoms with E-state index in [2.05, 4.69) is 5.32 Å². The largest absolute Gasteiger partial charge is 0.348 e. The molecule has 0 saturated carbocycles. The first-order valence-corrected chi connectivity index (χ1v) is 3.64. The van der Waals surface area contributed by atoms with Gasteiger partial charge in [0.2, 0.25) is 0 Å². The number of alkyl halides is 2. The average Bonchev–Trinajstić information content (AvgIpc) is 1.98. The predicted molar refractivity (Wildman–Crippen MR) is 37.6 cm³/mol. The summed E-state index contributed by atoms with van der Waals surface area (Å²) in [7, 11) is 5.32. The zero-order valence-electron chi connectivity index (χ0n) is 6.11. The van der Waals surface area contributed by atoms with Gasteiger partial charge in [-0.2, -0.15) is 0 Å². The van der Waals surface area contributed by atoms with Crippen molar-refractivity contribution >= 4 is 7.98 Å². The molecule has 2 nitrogen and oxygen atoms in total. The molecule has 1 spiro atoms. The Bertz CT molecular complexity index is 181. The van der Waals surface area contributed by atoms with E-state index in [1.165, 1.54) is 4.81 Å². The average molecular weight is 158 g/mol. The maximum absolute atomic E-state index is 13.1. The Morgan fingerprint density at radius 2 is 1.91 bits per heavy atom. The van der Waals surface area contributed by atoms with Gasteiger partial charge in [0.1, 0.15) is 0 Å². The highest BCUT2D eigenvalue weighted by atomic mass is 19.3. The molecule has 2 saturated heterocycles. The number of nitrogens with zero attached hydrogens (tertiary/aromatic N) is 1. The number of halogens is 2. The number of hydrogen-bond donors (Lipinski definition) is 1. The molecule has 0 aromatic heterocycles. The Morgan fingerprint density at radius 1 is 1.27 bits per heavy atom. The molecule has 0 aromatic carbocycles. The van der Waals surface area contributed by atoms with Crippen LogP contribution in [0.3, 0.4) is 0 Å². The first kappa shape index (κ1) is 7.49. The van der Waals surface area contributed by atoms with Crippen molar-refractivity contribution in [3.05, 3.63) is 0 Å². The third-order valence-electron chi connectivity index (χ3n) is 2.61. The fourth-order valence-corrected chi connectivity index (χ4v) is 1.78. The minimum absolute atomic E-state index is 0.297. The summed E-state index contributed by atoms with van der Waals surface area (Å²) in [4.78, 5) is 1.21. The highest BCUT2D eigenvalue weighted by Gasteiger charge is 2.61. The van der Waals surface area contributed by atoms with E-state index in [9.17, 15) is 8.78 Å². The smallest absolute Gasteiger partial charge is 0.268 e. The Labute approximate surface area is 65.4 Å². The summed E-state index contributed by atoms with van der Waals surface area (Å²) >= 11 is 0. The van der Waals surface area contributed by atoms with Gasteiger partial charge in [0.05, 0.1) is 12.0 Å². The lowest BCUT2D eigenvalue weighted by molar-refractivity contribution is -0.107. The molecular formula is C6H9BF2N2. The summed E-state index contributed by atoms with van der Waals surface area (Å²) in [6, 6.07) is 0. The second-order valence-corrected chi connectivity index (χ2v) is 3.49. The van der Waals surface area contributed by atoms with Gasteiger partial charge in [-0.15, -0.1) is 0 Å². The van der Waals surface area contributed by atoms with Gasteiger partial charge in [0, 0.05) is 19.6 Å². The normalized spacial score (nSPS) is 34.0. The van der Waals surface area contributed by atoms with Crippen LogP contribution in [0, 0.1) is 5.41 Å². The number of hydrogen-bond acceptors (Lipinski definition) is 2. The van der Waals surface area contributed by atoms with Crippen LogP contribution in [0.4, 0.5) is 8.78 Å². The number of nitrogens with one attached hydrogen (secondary N) is 1. The van der Waals surface area contributed by atoms with Gasteiger partial charge in [-0.05, 0) is 0 Å². The van der Waals surface area contributed by atoms with Crippen LogP contribution in [0.25, 0.3) is 0 Å². The van der Waals surface area contributed by atoms with Gasteiger partial charge in [0.15, 0.2) is 7.98 Å². The molecule has 0 aromatic rings. The van der Waals surface area contributed by atoms with E-state index in [1.807, 2.05) is 0 Å². The zero-order chi connectivity index (χ0) is 8.11. The first-order chi connectivity index (χ1) is 5.06. The highest BCUT2D eigenvalue weighted by Crippen LogP contribution is 2.45. The lowest BCUT2D eigenvalue weighted by Gasteiger charge is -2.42. The standard InChI is InChI=1S/C6H9BF2N2/c7-11-3-5(1-10-2-5)6(8,9)4-11/h10H,1-4H2. The number of rotatable bonds is 0. The van der Waals surface area contributed by atoms with E-state index in [0.717, 1.165) is 0 Å². The van der Waals surface area contributed by atoms with Crippen molar-refractivity contribution in [1.29, 1.82) is 0 Å². The monoisotopic (exact) mass is 158 g/mol. The molecule has 11 heavy (non-hydrogen) atoms. The Balaban J connectivity index is 2.20. The molecule has 0 bridgehead atoms. The summed E-state index contributed by atoms with van der Waals surface area (Å²) in [6.07, 6.45) is 0. The second-order valence-electron chi connectivity index (χ2n) is 3.49. The van der Waals surface area contributed by atoms with Crippen LogP contribution in [-0.4, -0.2) is 44.9 Å². The van der Waals surface area contributed by atoms with E-state index >= 15 is 0 Å². The van der Waals surface area contributed by atoms with Crippen molar-refractivity contribution in [3.63, 3.8) is 0 Å². The Hall–Kier alpha value is -0.155. The first-order valence-electron chi connectivity index (χ1n) is 3.64. The summed E-state index contributed by atoms with van der Waals surface area (Å²) in [5, 5.41) is 2.86. The molecule has 0 aliphatic carbocycles. The van der Waals surface area contributed by atoms with Crippen molar-refractivity contribution in [2.24, 2.45) is 5.41 Å². The molecule has 2 radical (unpaired) electrons. The molecule has 0 unspecified atom stereocenters. The van der Waals surface area contributed by atoms with Crippen LogP contribution >= 0.6 is 0 Å². The van der Waals surface area contributed by atoms with Crippen molar-refractivity contribution in [3.8, 4) is 0 Å². The van der Waals surface area contributed by atoms with E-state index in [-0.39, 0.29) is 6.54 Å². The van der Waals surface area contributed by atoms with Gasteiger partial charge in [-0.3, -0.25) is 0 Å². The molecule has 2 aliphatic heterocycles. The summed E-state index contributed by atoms with van der Waals surface area (Å²) < 4.78 is 26.3. The molecule has 60 valence electrons. The molecule has 2 fully saturated rings. The molecule has 0 amide bonds. The molecule has 5 heteroatoms. The molecular weight excluding hydrogens is 149 g/mol. The van der Waals surface area contributed by atoms with Crippen LogP contribution in [-0.2, 0) is 0 Å². The van der Waals surface area contributed by atoms with E-state index < -0.39 is 11.3 Å². The molecule has 2 aliphatic rings. The maximum atomic E-state index is 13.1. The highest BCUT2D eigenvalue weighted by molar-refractivity contribution is 6.04. The minimum atomic E-state index is -2.60. The van der Waals surface area contributed by atoms with Gasteiger partial charge in [0.25, 0.3) is 5.92 Å². The van der Waals surface area contributed by atoms with Gasteiger partial charge >= 0.3 is 0 Å². The lowest BCUT2D eigenvalue weighted by Crippen LogP contribution is -2.62. The Kier molecular flexibility index (Phi) is 1.33.